The lowest BCUT2D eigenvalue weighted by molar-refractivity contribution is -0.301. The van der Waals surface area contributed by atoms with Gasteiger partial charge in [0.2, 0.25) is 0 Å². The average Bonchev–Trinajstić information content (AvgIpc) is 2.38. The first kappa shape index (κ1) is 15.6. The van der Waals surface area contributed by atoms with Crippen molar-refractivity contribution in [3.05, 3.63) is 12.7 Å². The maximum Gasteiger partial charge on any atom is 0.186 e. The number of ether oxygens (including phenoxy) is 2. The quantitative estimate of drug-likeness (QED) is 0.353. The SMILES string of the molecule is C=CCCCCO[C@@H]1O[C@H](CO)[C@@H](O)[C@H](O)[C@H]1O. The lowest BCUT2D eigenvalue weighted by Gasteiger charge is -2.39. The highest BCUT2D eigenvalue weighted by molar-refractivity contribution is 4.88. The van der Waals surface area contributed by atoms with Gasteiger partial charge in [-0.25, -0.2) is 0 Å². The van der Waals surface area contributed by atoms with Crippen LogP contribution in [-0.2, 0) is 9.47 Å². The summed E-state index contributed by atoms with van der Waals surface area (Å²) < 4.78 is 10.5. The fraction of sp³-hybridized carbons (Fsp3) is 0.833. The van der Waals surface area contributed by atoms with Crippen molar-refractivity contribution in [3.8, 4) is 0 Å². The van der Waals surface area contributed by atoms with E-state index in [0.717, 1.165) is 19.3 Å². The smallest absolute Gasteiger partial charge is 0.186 e. The highest BCUT2D eigenvalue weighted by Crippen LogP contribution is 2.22. The Bertz CT molecular complexity index is 245. The Morgan fingerprint density at radius 3 is 2.44 bits per heavy atom. The summed E-state index contributed by atoms with van der Waals surface area (Å²) in [6, 6.07) is 0. The summed E-state index contributed by atoms with van der Waals surface area (Å²) in [4.78, 5) is 0. The molecule has 1 aliphatic rings. The zero-order valence-corrected chi connectivity index (χ0v) is 10.3. The fourth-order valence-electron chi connectivity index (χ4n) is 1.80. The Morgan fingerprint density at radius 2 is 1.83 bits per heavy atom. The van der Waals surface area contributed by atoms with E-state index in [2.05, 4.69) is 6.58 Å². The maximum atomic E-state index is 9.67. The van der Waals surface area contributed by atoms with Crippen molar-refractivity contribution in [2.45, 2.75) is 50.0 Å². The number of hydrogen-bond acceptors (Lipinski definition) is 6. The first-order chi connectivity index (χ1) is 8.61. The van der Waals surface area contributed by atoms with Crippen LogP contribution in [0.15, 0.2) is 12.7 Å². The van der Waals surface area contributed by atoms with Gasteiger partial charge in [0, 0.05) is 6.61 Å². The Balaban J connectivity index is 2.37. The third-order valence-corrected chi connectivity index (χ3v) is 2.93. The molecule has 1 aliphatic heterocycles. The molecule has 18 heavy (non-hydrogen) atoms. The third-order valence-electron chi connectivity index (χ3n) is 2.93. The largest absolute Gasteiger partial charge is 0.394 e. The molecule has 1 rings (SSSR count). The van der Waals surface area contributed by atoms with Crippen LogP contribution in [0.3, 0.4) is 0 Å². The van der Waals surface area contributed by atoms with Crippen molar-refractivity contribution < 1.29 is 29.9 Å². The monoisotopic (exact) mass is 262 g/mol. The van der Waals surface area contributed by atoms with Crippen molar-refractivity contribution in [1.29, 1.82) is 0 Å². The van der Waals surface area contributed by atoms with E-state index >= 15 is 0 Å². The number of aliphatic hydroxyl groups excluding tert-OH is 4. The van der Waals surface area contributed by atoms with Gasteiger partial charge in [-0.05, 0) is 19.3 Å². The molecule has 1 heterocycles. The molecule has 6 nitrogen and oxygen atoms in total. The number of hydrogen-bond donors (Lipinski definition) is 4. The summed E-state index contributed by atoms with van der Waals surface area (Å²) in [5, 5.41) is 37.7. The highest BCUT2D eigenvalue weighted by atomic mass is 16.7. The minimum Gasteiger partial charge on any atom is -0.394 e. The second-order valence-corrected chi connectivity index (χ2v) is 4.35. The standard InChI is InChI=1S/C12H22O6/c1-2-3-4-5-6-17-12-11(16)10(15)9(14)8(7-13)18-12/h2,8-16H,1,3-7H2/t8-,9-,10+,11-,12-/m1/s1. The molecule has 1 fully saturated rings. The second-order valence-electron chi connectivity index (χ2n) is 4.35. The summed E-state index contributed by atoms with van der Waals surface area (Å²) in [5.74, 6) is 0. The van der Waals surface area contributed by atoms with E-state index in [1.165, 1.54) is 0 Å². The Morgan fingerprint density at radius 1 is 1.11 bits per heavy atom. The zero-order chi connectivity index (χ0) is 13.5. The molecule has 0 spiro atoms. The number of aliphatic hydroxyl groups is 4. The summed E-state index contributed by atoms with van der Waals surface area (Å²) in [6.45, 7) is 3.53. The average molecular weight is 262 g/mol. The predicted molar refractivity (Wildman–Crippen MR) is 63.8 cm³/mol. The summed E-state index contributed by atoms with van der Waals surface area (Å²) in [5.41, 5.74) is 0. The molecule has 5 atom stereocenters. The first-order valence-electron chi connectivity index (χ1n) is 6.14. The molecule has 0 aliphatic carbocycles. The van der Waals surface area contributed by atoms with Gasteiger partial charge in [-0.1, -0.05) is 6.08 Å². The molecule has 0 unspecified atom stereocenters. The molecule has 0 aromatic rings. The van der Waals surface area contributed by atoms with E-state index in [4.69, 9.17) is 14.6 Å². The molecule has 106 valence electrons. The highest BCUT2D eigenvalue weighted by Gasteiger charge is 2.43. The van der Waals surface area contributed by atoms with Gasteiger partial charge in [0.1, 0.15) is 24.4 Å². The van der Waals surface area contributed by atoms with Crippen molar-refractivity contribution in [1.82, 2.24) is 0 Å². The molecule has 4 N–H and O–H groups in total. The molecule has 0 bridgehead atoms. The van der Waals surface area contributed by atoms with Crippen LogP contribution in [-0.4, -0.2) is 64.3 Å². The minimum absolute atomic E-state index is 0.372. The molecule has 0 aromatic carbocycles. The van der Waals surface area contributed by atoms with Crippen molar-refractivity contribution in [2.75, 3.05) is 13.2 Å². The van der Waals surface area contributed by atoms with E-state index in [0.29, 0.717) is 6.61 Å². The molecule has 6 heteroatoms. The van der Waals surface area contributed by atoms with Crippen LogP contribution in [0.2, 0.25) is 0 Å². The van der Waals surface area contributed by atoms with Gasteiger partial charge in [0.05, 0.1) is 6.61 Å². The van der Waals surface area contributed by atoms with Crippen LogP contribution in [0, 0.1) is 0 Å². The number of unbranched alkanes of at least 4 members (excludes halogenated alkanes) is 2. The predicted octanol–water partition coefficient (Wildman–Crippen LogP) is -0.841. The Labute approximate surface area is 106 Å². The van der Waals surface area contributed by atoms with E-state index < -0.39 is 37.3 Å². The Hall–Kier alpha value is -0.500. The molecule has 0 amide bonds. The van der Waals surface area contributed by atoms with Gasteiger partial charge in [-0.15, -0.1) is 6.58 Å². The third kappa shape index (κ3) is 4.01. The van der Waals surface area contributed by atoms with Gasteiger partial charge >= 0.3 is 0 Å². The normalized spacial score (nSPS) is 36.6. The van der Waals surface area contributed by atoms with E-state index in [-0.39, 0.29) is 0 Å². The van der Waals surface area contributed by atoms with Crippen LogP contribution in [0.5, 0.6) is 0 Å². The molecule has 0 saturated carbocycles. The molecule has 1 saturated heterocycles. The fourth-order valence-corrected chi connectivity index (χ4v) is 1.80. The lowest BCUT2D eigenvalue weighted by Crippen LogP contribution is -2.59. The van der Waals surface area contributed by atoms with E-state index in [1.807, 2.05) is 6.08 Å². The summed E-state index contributed by atoms with van der Waals surface area (Å²) >= 11 is 0. The van der Waals surface area contributed by atoms with Crippen LogP contribution >= 0.6 is 0 Å². The zero-order valence-electron chi connectivity index (χ0n) is 10.3. The molecular weight excluding hydrogens is 240 g/mol. The maximum absolute atomic E-state index is 9.67. The lowest BCUT2D eigenvalue weighted by atomic mass is 9.99. The number of rotatable bonds is 7. The second kappa shape index (κ2) is 7.83. The minimum atomic E-state index is -1.38. The molecular formula is C12H22O6. The van der Waals surface area contributed by atoms with Crippen LogP contribution < -0.4 is 0 Å². The molecule has 0 radical (unpaired) electrons. The first-order valence-corrected chi connectivity index (χ1v) is 6.14. The molecule has 0 aromatic heterocycles. The number of allylic oxidation sites excluding steroid dienone is 1. The van der Waals surface area contributed by atoms with Gasteiger partial charge in [-0.2, -0.15) is 0 Å². The van der Waals surface area contributed by atoms with E-state index in [1.54, 1.807) is 0 Å². The van der Waals surface area contributed by atoms with Gasteiger partial charge in [0.15, 0.2) is 6.29 Å². The van der Waals surface area contributed by atoms with Gasteiger partial charge < -0.3 is 29.9 Å². The van der Waals surface area contributed by atoms with Crippen LogP contribution in [0.4, 0.5) is 0 Å². The van der Waals surface area contributed by atoms with Gasteiger partial charge in [-0.3, -0.25) is 0 Å². The summed E-state index contributed by atoms with van der Waals surface area (Å²) in [6.07, 6.45) is -1.58. The summed E-state index contributed by atoms with van der Waals surface area (Å²) in [7, 11) is 0. The topological polar surface area (TPSA) is 99.4 Å². The van der Waals surface area contributed by atoms with Gasteiger partial charge in [0.25, 0.3) is 0 Å². The van der Waals surface area contributed by atoms with Crippen molar-refractivity contribution in [3.63, 3.8) is 0 Å². The van der Waals surface area contributed by atoms with E-state index in [9.17, 15) is 15.3 Å². The van der Waals surface area contributed by atoms with Crippen LogP contribution in [0.1, 0.15) is 19.3 Å². The van der Waals surface area contributed by atoms with Crippen LogP contribution in [0.25, 0.3) is 0 Å². The van der Waals surface area contributed by atoms with Crippen molar-refractivity contribution in [2.24, 2.45) is 0 Å². The Kier molecular flexibility index (Phi) is 6.77. The van der Waals surface area contributed by atoms with Crippen molar-refractivity contribution >= 4 is 0 Å².